The third-order valence-electron chi connectivity index (χ3n) is 1.46. The van der Waals surface area contributed by atoms with Crippen molar-refractivity contribution >= 4 is 0 Å². The summed E-state index contributed by atoms with van der Waals surface area (Å²) < 4.78 is 0. The van der Waals surface area contributed by atoms with E-state index in [0.717, 1.165) is 12.8 Å². The van der Waals surface area contributed by atoms with E-state index in [9.17, 15) is 0 Å². The van der Waals surface area contributed by atoms with Crippen LogP contribution in [0.3, 0.4) is 0 Å². The highest BCUT2D eigenvalue weighted by atomic mass is 16.3. The van der Waals surface area contributed by atoms with Gasteiger partial charge in [0.1, 0.15) is 0 Å². The van der Waals surface area contributed by atoms with Gasteiger partial charge in [0.25, 0.3) is 0 Å². The Morgan fingerprint density at radius 3 is 2.25 bits per heavy atom. The summed E-state index contributed by atoms with van der Waals surface area (Å²) in [5.74, 6) is 0. The maximum absolute atomic E-state index is 9.11. The third-order valence-corrected chi connectivity index (χ3v) is 1.46. The van der Waals surface area contributed by atoms with Gasteiger partial charge in [-0.3, -0.25) is 0 Å². The fourth-order valence-corrected chi connectivity index (χ4v) is 0.726. The molecule has 2 N–H and O–H groups in total. The molecule has 0 aromatic heterocycles. The Morgan fingerprint density at radius 1 is 1.17 bits per heavy atom. The second-order valence-electron chi connectivity index (χ2n) is 2.81. The number of aliphatic hydroxyl groups excluding tert-OH is 2. The van der Waals surface area contributed by atoms with Crippen LogP contribution in [0.25, 0.3) is 0 Å². The van der Waals surface area contributed by atoms with Crippen LogP contribution >= 0.6 is 0 Å². The number of aliphatic hydroxyl groups is 2. The molecule has 0 aliphatic heterocycles. The lowest BCUT2D eigenvalue weighted by Gasteiger charge is -1.97. The molecular formula is C10H18O2. The predicted octanol–water partition coefficient (Wildman–Crippen LogP) is 1.64. The SMILES string of the molecule is CCC(O)C=CCC=CC(C)O. The highest BCUT2D eigenvalue weighted by Crippen LogP contribution is 1.95. The molecule has 0 radical (unpaired) electrons. The Bertz CT molecular complexity index is 148. The van der Waals surface area contributed by atoms with E-state index in [2.05, 4.69) is 0 Å². The fraction of sp³-hybridized carbons (Fsp3) is 0.600. The van der Waals surface area contributed by atoms with Crippen molar-refractivity contribution in [2.45, 2.75) is 38.9 Å². The lowest BCUT2D eigenvalue weighted by Crippen LogP contribution is -1.97. The molecule has 0 rings (SSSR count). The van der Waals surface area contributed by atoms with Gasteiger partial charge >= 0.3 is 0 Å². The van der Waals surface area contributed by atoms with Crippen LogP contribution in [0.4, 0.5) is 0 Å². The Balaban J connectivity index is 3.48. The van der Waals surface area contributed by atoms with E-state index < -0.39 is 0 Å². The predicted molar refractivity (Wildman–Crippen MR) is 50.9 cm³/mol. The van der Waals surface area contributed by atoms with E-state index in [0.29, 0.717) is 0 Å². The van der Waals surface area contributed by atoms with Crippen LogP contribution in [-0.2, 0) is 0 Å². The molecule has 2 unspecified atom stereocenters. The van der Waals surface area contributed by atoms with Crippen LogP contribution in [-0.4, -0.2) is 22.4 Å². The van der Waals surface area contributed by atoms with Gasteiger partial charge in [0.2, 0.25) is 0 Å². The molecule has 12 heavy (non-hydrogen) atoms. The summed E-state index contributed by atoms with van der Waals surface area (Å²) in [5, 5.41) is 18.0. The van der Waals surface area contributed by atoms with Crippen LogP contribution in [0, 0.1) is 0 Å². The largest absolute Gasteiger partial charge is 0.389 e. The van der Waals surface area contributed by atoms with Gasteiger partial charge in [0, 0.05) is 0 Å². The minimum Gasteiger partial charge on any atom is -0.389 e. The summed E-state index contributed by atoms with van der Waals surface area (Å²) in [4.78, 5) is 0. The van der Waals surface area contributed by atoms with E-state index in [1.165, 1.54) is 0 Å². The van der Waals surface area contributed by atoms with Crippen LogP contribution in [0.15, 0.2) is 24.3 Å². The van der Waals surface area contributed by atoms with Gasteiger partial charge in [-0.1, -0.05) is 31.2 Å². The molecule has 70 valence electrons. The fourth-order valence-electron chi connectivity index (χ4n) is 0.726. The van der Waals surface area contributed by atoms with E-state index in [4.69, 9.17) is 10.2 Å². The third kappa shape index (κ3) is 7.51. The number of hydrogen-bond donors (Lipinski definition) is 2. The zero-order valence-corrected chi connectivity index (χ0v) is 7.77. The van der Waals surface area contributed by atoms with Crippen molar-refractivity contribution in [1.82, 2.24) is 0 Å². The quantitative estimate of drug-likeness (QED) is 0.616. The van der Waals surface area contributed by atoms with E-state index >= 15 is 0 Å². The van der Waals surface area contributed by atoms with Crippen molar-refractivity contribution < 1.29 is 10.2 Å². The number of allylic oxidation sites excluding steroid dienone is 2. The van der Waals surface area contributed by atoms with E-state index in [1.54, 1.807) is 19.1 Å². The average molecular weight is 170 g/mol. The first-order valence-corrected chi connectivity index (χ1v) is 4.36. The molecule has 2 nitrogen and oxygen atoms in total. The monoisotopic (exact) mass is 170 g/mol. The minimum atomic E-state index is -0.380. The van der Waals surface area contributed by atoms with Crippen molar-refractivity contribution in [2.75, 3.05) is 0 Å². The molecule has 0 aliphatic rings. The van der Waals surface area contributed by atoms with Crippen LogP contribution < -0.4 is 0 Å². The summed E-state index contributed by atoms with van der Waals surface area (Å²) in [7, 11) is 0. The maximum atomic E-state index is 9.11. The number of rotatable bonds is 5. The van der Waals surface area contributed by atoms with E-state index in [1.807, 2.05) is 19.1 Å². The number of hydrogen-bond acceptors (Lipinski definition) is 2. The molecule has 0 saturated carbocycles. The smallest absolute Gasteiger partial charge is 0.0718 e. The normalized spacial score (nSPS) is 17.3. The van der Waals surface area contributed by atoms with Gasteiger partial charge < -0.3 is 10.2 Å². The Hall–Kier alpha value is -0.600. The first kappa shape index (κ1) is 11.4. The second kappa shape index (κ2) is 7.07. The van der Waals surface area contributed by atoms with Gasteiger partial charge in [-0.05, 0) is 19.8 Å². The minimum absolute atomic E-state index is 0.329. The molecule has 0 aromatic carbocycles. The Morgan fingerprint density at radius 2 is 1.75 bits per heavy atom. The molecule has 0 saturated heterocycles. The van der Waals surface area contributed by atoms with Crippen LogP contribution in [0.1, 0.15) is 26.7 Å². The van der Waals surface area contributed by atoms with Crippen molar-refractivity contribution in [3.05, 3.63) is 24.3 Å². The molecule has 0 fully saturated rings. The summed E-state index contributed by atoms with van der Waals surface area (Å²) >= 11 is 0. The first-order chi connectivity index (χ1) is 5.66. The second-order valence-corrected chi connectivity index (χ2v) is 2.81. The van der Waals surface area contributed by atoms with Gasteiger partial charge in [-0.2, -0.15) is 0 Å². The lowest BCUT2D eigenvalue weighted by molar-refractivity contribution is 0.219. The average Bonchev–Trinajstić information content (AvgIpc) is 2.03. The standard InChI is InChI=1S/C10H18O2/c1-3-10(12)8-6-4-5-7-9(2)11/h5-12H,3-4H2,1-2H3. The van der Waals surface area contributed by atoms with E-state index in [-0.39, 0.29) is 12.2 Å². The molecule has 0 spiro atoms. The lowest BCUT2D eigenvalue weighted by atomic mass is 10.2. The summed E-state index contributed by atoms with van der Waals surface area (Å²) in [6.45, 7) is 3.64. The van der Waals surface area contributed by atoms with Crippen molar-refractivity contribution in [3.8, 4) is 0 Å². The molecule has 0 bridgehead atoms. The van der Waals surface area contributed by atoms with Gasteiger partial charge in [-0.25, -0.2) is 0 Å². The maximum Gasteiger partial charge on any atom is 0.0718 e. The summed E-state index contributed by atoms with van der Waals surface area (Å²) in [5.41, 5.74) is 0. The van der Waals surface area contributed by atoms with Gasteiger partial charge in [0.15, 0.2) is 0 Å². The topological polar surface area (TPSA) is 40.5 Å². The molecule has 2 atom stereocenters. The first-order valence-electron chi connectivity index (χ1n) is 4.36. The van der Waals surface area contributed by atoms with Crippen LogP contribution in [0.5, 0.6) is 0 Å². The molecule has 0 aliphatic carbocycles. The van der Waals surface area contributed by atoms with Crippen molar-refractivity contribution in [2.24, 2.45) is 0 Å². The van der Waals surface area contributed by atoms with Crippen molar-refractivity contribution in [3.63, 3.8) is 0 Å². The highest BCUT2D eigenvalue weighted by molar-refractivity contribution is 4.96. The molecular weight excluding hydrogens is 152 g/mol. The molecule has 0 aromatic rings. The molecule has 0 amide bonds. The Labute approximate surface area is 74.2 Å². The zero-order chi connectivity index (χ0) is 9.40. The van der Waals surface area contributed by atoms with Crippen LogP contribution in [0.2, 0.25) is 0 Å². The zero-order valence-electron chi connectivity index (χ0n) is 7.77. The molecule has 2 heteroatoms. The van der Waals surface area contributed by atoms with Crippen molar-refractivity contribution in [1.29, 1.82) is 0 Å². The molecule has 0 heterocycles. The summed E-state index contributed by atoms with van der Waals surface area (Å²) in [6.07, 6.45) is 8.07. The highest BCUT2D eigenvalue weighted by Gasteiger charge is 1.90. The Kier molecular flexibility index (Phi) is 6.72. The van der Waals surface area contributed by atoms with Gasteiger partial charge in [0.05, 0.1) is 12.2 Å². The van der Waals surface area contributed by atoms with Gasteiger partial charge in [-0.15, -0.1) is 0 Å². The summed E-state index contributed by atoms with van der Waals surface area (Å²) in [6, 6.07) is 0.